The number of allylic oxidation sites excluding steroid dienone is 5. The van der Waals surface area contributed by atoms with Crippen LogP contribution < -0.4 is 5.32 Å². The molecule has 0 spiro atoms. The van der Waals surface area contributed by atoms with Crippen LogP contribution >= 0.6 is 0 Å². The third kappa shape index (κ3) is 7.16. The smallest absolute Gasteiger partial charge is 0.220 e. The Hall–Kier alpha value is -2.29. The lowest BCUT2D eigenvalue weighted by Crippen LogP contribution is -2.25. The van der Waals surface area contributed by atoms with Crippen LogP contribution in [0.5, 0.6) is 5.75 Å². The molecular weight excluding hydrogens is 262 g/mol. The number of carbonyl (C=O) groups is 1. The Labute approximate surface area is 126 Å². The molecule has 0 saturated carbocycles. The van der Waals surface area contributed by atoms with E-state index in [0.717, 1.165) is 17.6 Å². The van der Waals surface area contributed by atoms with E-state index in [0.29, 0.717) is 19.4 Å². The molecule has 3 nitrogen and oxygen atoms in total. The monoisotopic (exact) mass is 285 g/mol. The van der Waals surface area contributed by atoms with Gasteiger partial charge in [0.05, 0.1) is 0 Å². The highest BCUT2D eigenvalue weighted by Crippen LogP contribution is 2.10. The molecule has 1 aromatic rings. The third-order valence-electron chi connectivity index (χ3n) is 3.03. The highest BCUT2D eigenvalue weighted by atomic mass is 16.3. The number of phenolic OH excluding ortho intramolecular Hbond substituents is 1. The van der Waals surface area contributed by atoms with Gasteiger partial charge in [-0.15, -0.1) is 0 Å². The molecular formula is C18H23NO2. The first-order valence-electron chi connectivity index (χ1n) is 7.14. The fourth-order valence-electron chi connectivity index (χ4n) is 1.94. The molecule has 0 unspecified atom stereocenters. The zero-order valence-corrected chi connectivity index (χ0v) is 12.5. The maximum atomic E-state index is 11.8. The summed E-state index contributed by atoms with van der Waals surface area (Å²) in [7, 11) is 0. The molecule has 1 amide bonds. The Morgan fingerprint density at radius 3 is 2.62 bits per heavy atom. The third-order valence-corrected chi connectivity index (χ3v) is 3.03. The van der Waals surface area contributed by atoms with Crippen LogP contribution in [-0.2, 0) is 11.2 Å². The van der Waals surface area contributed by atoms with E-state index in [1.807, 2.05) is 37.3 Å². The van der Waals surface area contributed by atoms with Crippen molar-refractivity contribution in [2.24, 2.45) is 0 Å². The molecule has 3 heteroatoms. The average Bonchev–Trinajstić information content (AvgIpc) is 2.47. The molecule has 0 atom stereocenters. The van der Waals surface area contributed by atoms with Crippen molar-refractivity contribution in [2.75, 3.05) is 6.54 Å². The summed E-state index contributed by atoms with van der Waals surface area (Å²) in [6.45, 7) is 6.23. The van der Waals surface area contributed by atoms with Crippen LogP contribution in [0.4, 0.5) is 0 Å². The number of hydrogen-bond acceptors (Lipinski definition) is 2. The Kier molecular flexibility index (Phi) is 7.65. The normalized spacial score (nSPS) is 11.6. The molecule has 21 heavy (non-hydrogen) atoms. The van der Waals surface area contributed by atoms with Gasteiger partial charge in [-0.25, -0.2) is 0 Å². The van der Waals surface area contributed by atoms with Crippen LogP contribution in [0.1, 0.15) is 25.3 Å². The largest absolute Gasteiger partial charge is 0.508 e. The highest BCUT2D eigenvalue weighted by molar-refractivity contribution is 5.76. The number of phenols is 1. The van der Waals surface area contributed by atoms with Crippen molar-refractivity contribution in [1.29, 1.82) is 0 Å². The summed E-state index contributed by atoms with van der Waals surface area (Å²) in [5.74, 6) is 0.307. The molecule has 0 fully saturated rings. The van der Waals surface area contributed by atoms with Crippen molar-refractivity contribution in [3.8, 4) is 5.75 Å². The molecule has 1 aromatic carbocycles. The summed E-state index contributed by atoms with van der Waals surface area (Å²) < 4.78 is 0. The summed E-state index contributed by atoms with van der Waals surface area (Å²) in [5, 5.41) is 12.1. The van der Waals surface area contributed by atoms with Gasteiger partial charge in [0.1, 0.15) is 5.75 Å². The fraction of sp³-hybridized carbons (Fsp3) is 0.278. The maximum absolute atomic E-state index is 11.8. The quantitative estimate of drug-likeness (QED) is 0.718. The zero-order valence-electron chi connectivity index (χ0n) is 12.5. The van der Waals surface area contributed by atoms with Gasteiger partial charge in [-0.05, 0) is 43.0 Å². The van der Waals surface area contributed by atoms with E-state index in [-0.39, 0.29) is 11.7 Å². The number of nitrogens with one attached hydrogen (secondary N) is 1. The number of carbonyl (C=O) groups excluding carboxylic acids is 1. The van der Waals surface area contributed by atoms with E-state index in [1.54, 1.807) is 18.2 Å². The van der Waals surface area contributed by atoms with Gasteiger partial charge in [0.2, 0.25) is 5.91 Å². The standard InChI is InChI=1S/C18H23NO2/c1-3-5-15(6-4-2)9-12-18(21)19-14-13-16-7-10-17(20)11-8-16/h3-8,10-11,20H,1,9,12-14H2,2H3,(H,19,21)/b6-4-,15-5+. The second-order valence-corrected chi connectivity index (χ2v) is 4.74. The van der Waals surface area contributed by atoms with Crippen molar-refractivity contribution in [3.05, 3.63) is 66.3 Å². The van der Waals surface area contributed by atoms with Crippen LogP contribution in [0, 0.1) is 0 Å². The molecule has 0 radical (unpaired) electrons. The van der Waals surface area contributed by atoms with Crippen LogP contribution in [0.15, 0.2) is 60.7 Å². The maximum Gasteiger partial charge on any atom is 0.220 e. The second kappa shape index (κ2) is 9.59. The van der Waals surface area contributed by atoms with Gasteiger partial charge in [-0.1, -0.05) is 43.0 Å². The van der Waals surface area contributed by atoms with Gasteiger partial charge < -0.3 is 10.4 Å². The topological polar surface area (TPSA) is 49.3 Å². The molecule has 2 N–H and O–H groups in total. The van der Waals surface area contributed by atoms with Gasteiger partial charge >= 0.3 is 0 Å². The van der Waals surface area contributed by atoms with Gasteiger partial charge in [0.25, 0.3) is 0 Å². The summed E-state index contributed by atoms with van der Waals surface area (Å²) in [5.41, 5.74) is 2.19. The Bertz CT molecular complexity index is 513. The first kappa shape index (κ1) is 16.8. The first-order chi connectivity index (χ1) is 10.2. The van der Waals surface area contributed by atoms with E-state index < -0.39 is 0 Å². The number of hydrogen-bond donors (Lipinski definition) is 2. The van der Waals surface area contributed by atoms with Crippen molar-refractivity contribution in [1.82, 2.24) is 5.32 Å². The SMILES string of the molecule is C=C/C=C(\C=C/C)CCC(=O)NCCc1ccc(O)cc1. The molecule has 0 aliphatic carbocycles. The number of benzene rings is 1. The minimum Gasteiger partial charge on any atom is -0.508 e. The van der Waals surface area contributed by atoms with E-state index in [4.69, 9.17) is 0 Å². The Morgan fingerprint density at radius 2 is 2.00 bits per heavy atom. The summed E-state index contributed by atoms with van der Waals surface area (Å²) >= 11 is 0. The Morgan fingerprint density at radius 1 is 1.29 bits per heavy atom. The van der Waals surface area contributed by atoms with Crippen LogP contribution in [-0.4, -0.2) is 17.6 Å². The average molecular weight is 285 g/mol. The van der Waals surface area contributed by atoms with Crippen molar-refractivity contribution < 1.29 is 9.90 Å². The van der Waals surface area contributed by atoms with E-state index >= 15 is 0 Å². The fourth-order valence-corrected chi connectivity index (χ4v) is 1.94. The highest BCUT2D eigenvalue weighted by Gasteiger charge is 2.02. The number of aromatic hydroxyl groups is 1. The zero-order chi connectivity index (χ0) is 15.5. The predicted molar refractivity (Wildman–Crippen MR) is 87.1 cm³/mol. The minimum absolute atomic E-state index is 0.0493. The van der Waals surface area contributed by atoms with E-state index in [2.05, 4.69) is 11.9 Å². The van der Waals surface area contributed by atoms with E-state index in [1.165, 1.54) is 0 Å². The van der Waals surface area contributed by atoms with Crippen molar-refractivity contribution in [3.63, 3.8) is 0 Å². The predicted octanol–water partition coefficient (Wildman–Crippen LogP) is 3.52. The van der Waals surface area contributed by atoms with Gasteiger partial charge in [0, 0.05) is 13.0 Å². The van der Waals surface area contributed by atoms with Crippen molar-refractivity contribution >= 4 is 5.91 Å². The summed E-state index contributed by atoms with van der Waals surface area (Å²) in [6.07, 6.45) is 9.54. The van der Waals surface area contributed by atoms with Gasteiger partial charge in [0.15, 0.2) is 0 Å². The van der Waals surface area contributed by atoms with Crippen LogP contribution in [0.3, 0.4) is 0 Å². The first-order valence-corrected chi connectivity index (χ1v) is 7.14. The van der Waals surface area contributed by atoms with Crippen LogP contribution in [0.25, 0.3) is 0 Å². The molecule has 0 bridgehead atoms. The van der Waals surface area contributed by atoms with E-state index in [9.17, 15) is 9.90 Å². The summed E-state index contributed by atoms with van der Waals surface area (Å²) in [6, 6.07) is 7.03. The van der Waals surface area contributed by atoms with Crippen LogP contribution in [0.2, 0.25) is 0 Å². The Balaban J connectivity index is 2.29. The molecule has 0 aliphatic rings. The molecule has 0 saturated heterocycles. The molecule has 0 heterocycles. The van der Waals surface area contributed by atoms with Gasteiger partial charge in [-0.3, -0.25) is 4.79 Å². The molecule has 112 valence electrons. The lowest BCUT2D eigenvalue weighted by Gasteiger charge is -2.06. The van der Waals surface area contributed by atoms with Crippen molar-refractivity contribution in [2.45, 2.75) is 26.2 Å². The molecule has 0 aromatic heterocycles. The second-order valence-electron chi connectivity index (χ2n) is 4.74. The molecule has 1 rings (SSSR count). The lowest BCUT2D eigenvalue weighted by molar-refractivity contribution is -0.121. The lowest BCUT2D eigenvalue weighted by atomic mass is 10.1. The number of rotatable bonds is 8. The summed E-state index contributed by atoms with van der Waals surface area (Å²) in [4.78, 5) is 11.8. The number of amides is 1. The molecule has 0 aliphatic heterocycles. The minimum atomic E-state index is 0.0493. The van der Waals surface area contributed by atoms with Gasteiger partial charge in [-0.2, -0.15) is 0 Å².